The van der Waals surface area contributed by atoms with Crippen molar-refractivity contribution in [3.05, 3.63) is 29.8 Å². The molecule has 0 aliphatic heterocycles. The number of para-hydroxylation sites is 1. The lowest BCUT2D eigenvalue weighted by Crippen LogP contribution is -2.43. The molecule has 3 amide bonds. The molecular formula is C19H25N3O3. The van der Waals surface area contributed by atoms with Gasteiger partial charge in [0.25, 0.3) is 5.91 Å². The Morgan fingerprint density at radius 2 is 1.44 bits per heavy atom. The van der Waals surface area contributed by atoms with Gasteiger partial charge in [-0.05, 0) is 56.6 Å². The molecule has 0 bridgehead atoms. The number of amides is 3. The summed E-state index contributed by atoms with van der Waals surface area (Å²) in [5, 5.41) is 8.26. The Morgan fingerprint density at radius 1 is 0.840 bits per heavy atom. The van der Waals surface area contributed by atoms with E-state index in [9.17, 15) is 14.4 Å². The molecule has 3 rings (SSSR count). The van der Waals surface area contributed by atoms with E-state index < -0.39 is 11.8 Å². The van der Waals surface area contributed by atoms with Crippen molar-refractivity contribution in [2.24, 2.45) is 5.92 Å². The lowest BCUT2D eigenvalue weighted by molar-refractivity contribution is -0.136. The average molecular weight is 343 g/mol. The van der Waals surface area contributed by atoms with Crippen LogP contribution in [-0.4, -0.2) is 29.8 Å². The largest absolute Gasteiger partial charge is 0.349 e. The van der Waals surface area contributed by atoms with Crippen LogP contribution in [-0.2, 0) is 9.59 Å². The molecule has 1 aromatic rings. The normalized spacial score (nSPS) is 22.8. The van der Waals surface area contributed by atoms with E-state index in [4.69, 9.17) is 0 Å². The third-order valence-electron chi connectivity index (χ3n) is 4.89. The molecule has 3 N–H and O–H groups in total. The number of benzene rings is 1. The number of carbonyl (C=O) groups is 3. The second kappa shape index (κ2) is 7.68. The molecule has 0 heterocycles. The van der Waals surface area contributed by atoms with Gasteiger partial charge < -0.3 is 16.0 Å². The van der Waals surface area contributed by atoms with Crippen LogP contribution < -0.4 is 16.0 Å². The van der Waals surface area contributed by atoms with Gasteiger partial charge in [-0.1, -0.05) is 19.1 Å². The molecule has 6 heteroatoms. The predicted octanol–water partition coefficient (Wildman–Crippen LogP) is 2.21. The van der Waals surface area contributed by atoms with Gasteiger partial charge in [-0.25, -0.2) is 0 Å². The zero-order valence-corrected chi connectivity index (χ0v) is 14.5. The fraction of sp³-hybridized carbons (Fsp3) is 0.526. The van der Waals surface area contributed by atoms with Crippen LogP contribution in [0.25, 0.3) is 0 Å². The van der Waals surface area contributed by atoms with Crippen molar-refractivity contribution in [2.75, 3.05) is 5.32 Å². The van der Waals surface area contributed by atoms with Gasteiger partial charge in [0.15, 0.2) is 0 Å². The summed E-state index contributed by atoms with van der Waals surface area (Å²) in [6, 6.07) is 7.03. The molecule has 0 aromatic heterocycles. The molecule has 2 saturated carbocycles. The molecule has 2 aliphatic rings. The molecule has 2 aliphatic carbocycles. The molecular weight excluding hydrogens is 318 g/mol. The third-order valence-corrected chi connectivity index (χ3v) is 4.89. The molecule has 0 unspecified atom stereocenters. The zero-order valence-electron chi connectivity index (χ0n) is 14.5. The number of nitrogens with one attached hydrogen (secondary N) is 3. The summed E-state index contributed by atoms with van der Waals surface area (Å²) in [7, 11) is 0. The zero-order chi connectivity index (χ0) is 17.8. The fourth-order valence-electron chi connectivity index (χ4n) is 3.12. The van der Waals surface area contributed by atoms with Crippen molar-refractivity contribution in [2.45, 2.75) is 57.5 Å². The van der Waals surface area contributed by atoms with Gasteiger partial charge in [-0.3, -0.25) is 14.4 Å². The van der Waals surface area contributed by atoms with Gasteiger partial charge in [-0.15, -0.1) is 0 Å². The number of rotatable bonds is 4. The summed E-state index contributed by atoms with van der Waals surface area (Å²) in [4.78, 5) is 36.6. The summed E-state index contributed by atoms with van der Waals surface area (Å²) < 4.78 is 0. The van der Waals surface area contributed by atoms with Crippen LogP contribution in [0.5, 0.6) is 0 Å². The first kappa shape index (κ1) is 17.5. The van der Waals surface area contributed by atoms with E-state index >= 15 is 0 Å². The summed E-state index contributed by atoms with van der Waals surface area (Å²) >= 11 is 0. The van der Waals surface area contributed by atoms with Crippen molar-refractivity contribution in [1.82, 2.24) is 10.6 Å². The lowest BCUT2D eigenvalue weighted by atomic mass is 9.87. The van der Waals surface area contributed by atoms with Crippen LogP contribution in [0.4, 0.5) is 5.69 Å². The monoisotopic (exact) mass is 343 g/mol. The van der Waals surface area contributed by atoms with Crippen LogP contribution >= 0.6 is 0 Å². The van der Waals surface area contributed by atoms with E-state index in [0.29, 0.717) is 17.2 Å². The topological polar surface area (TPSA) is 87.3 Å². The minimum Gasteiger partial charge on any atom is -0.349 e. The number of carbonyl (C=O) groups excluding carboxylic acids is 3. The lowest BCUT2D eigenvalue weighted by Gasteiger charge is -2.26. The van der Waals surface area contributed by atoms with Crippen LogP contribution in [0, 0.1) is 5.92 Å². The van der Waals surface area contributed by atoms with Crippen molar-refractivity contribution in [3.8, 4) is 0 Å². The minimum absolute atomic E-state index is 0.0582. The minimum atomic E-state index is -0.731. The Balaban J connectivity index is 1.58. The highest BCUT2D eigenvalue weighted by molar-refractivity contribution is 6.40. The number of hydrogen-bond donors (Lipinski definition) is 3. The maximum Gasteiger partial charge on any atom is 0.313 e. The summed E-state index contributed by atoms with van der Waals surface area (Å²) in [5.41, 5.74) is 0.736. The predicted molar refractivity (Wildman–Crippen MR) is 95.1 cm³/mol. The Labute approximate surface area is 147 Å². The third kappa shape index (κ3) is 4.81. The number of anilines is 1. The van der Waals surface area contributed by atoms with Gasteiger partial charge in [0.2, 0.25) is 0 Å². The Morgan fingerprint density at radius 3 is 2.12 bits per heavy atom. The van der Waals surface area contributed by atoms with E-state index in [2.05, 4.69) is 22.9 Å². The molecule has 0 radical (unpaired) electrons. The summed E-state index contributed by atoms with van der Waals surface area (Å²) in [6.07, 6.45) is 5.92. The second-order valence-electron chi connectivity index (χ2n) is 7.18. The van der Waals surface area contributed by atoms with Crippen molar-refractivity contribution < 1.29 is 14.4 Å². The summed E-state index contributed by atoms with van der Waals surface area (Å²) in [6.45, 7) is 2.20. The highest BCUT2D eigenvalue weighted by Gasteiger charge is 2.26. The Hall–Kier alpha value is -2.37. The highest BCUT2D eigenvalue weighted by Crippen LogP contribution is 2.24. The van der Waals surface area contributed by atoms with Crippen LogP contribution in [0.1, 0.15) is 55.8 Å². The van der Waals surface area contributed by atoms with Gasteiger partial charge in [0.1, 0.15) is 0 Å². The number of hydrogen-bond acceptors (Lipinski definition) is 3. The van der Waals surface area contributed by atoms with Crippen molar-refractivity contribution in [3.63, 3.8) is 0 Å². The van der Waals surface area contributed by atoms with Gasteiger partial charge in [-0.2, -0.15) is 0 Å². The molecule has 6 nitrogen and oxygen atoms in total. The fourth-order valence-corrected chi connectivity index (χ4v) is 3.12. The maximum absolute atomic E-state index is 12.3. The second-order valence-corrected chi connectivity index (χ2v) is 7.18. The summed E-state index contributed by atoms with van der Waals surface area (Å²) in [5.74, 6) is -0.916. The molecule has 25 heavy (non-hydrogen) atoms. The van der Waals surface area contributed by atoms with Gasteiger partial charge in [0, 0.05) is 12.1 Å². The van der Waals surface area contributed by atoms with E-state index in [1.807, 2.05) is 0 Å². The van der Waals surface area contributed by atoms with E-state index in [0.717, 1.165) is 38.5 Å². The first-order chi connectivity index (χ1) is 12.0. The quantitative estimate of drug-likeness (QED) is 0.733. The van der Waals surface area contributed by atoms with Crippen molar-refractivity contribution >= 4 is 23.4 Å². The molecule has 1 aromatic carbocycles. The molecule has 0 saturated heterocycles. The Bertz CT molecular complexity index is 662. The average Bonchev–Trinajstić information content (AvgIpc) is 3.41. The molecule has 134 valence electrons. The van der Waals surface area contributed by atoms with E-state index in [1.165, 1.54) is 0 Å². The van der Waals surface area contributed by atoms with Gasteiger partial charge >= 0.3 is 11.8 Å². The molecule has 0 atom stereocenters. The SMILES string of the molecule is CC1CCC(NC(=O)C(=O)Nc2ccccc2C(=O)NC2CC2)CC1. The smallest absolute Gasteiger partial charge is 0.313 e. The van der Waals surface area contributed by atoms with E-state index in [-0.39, 0.29) is 18.0 Å². The van der Waals surface area contributed by atoms with Gasteiger partial charge in [0.05, 0.1) is 11.3 Å². The molecule has 2 fully saturated rings. The Kier molecular flexibility index (Phi) is 5.36. The first-order valence-corrected chi connectivity index (χ1v) is 9.04. The first-order valence-electron chi connectivity index (χ1n) is 9.04. The van der Waals surface area contributed by atoms with Crippen LogP contribution in [0.2, 0.25) is 0 Å². The maximum atomic E-state index is 12.3. The van der Waals surface area contributed by atoms with Crippen molar-refractivity contribution in [1.29, 1.82) is 0 Å². The molecule has 0 spiro atoms. The highest BCUT2D eigenvalue weighted by atomic mass is 16.2. The van der Waals surface area contributed by atoms with Crippen LogP contribution in [0.3, 0.4) is 0 Å². The van der Waals surface area contributed by atoms with E-state index in [1.54, 1.807) is 24.3 Å². The van der Waals surface area contributed by atoms with Crippen LogP contribution in [0.15, 0.2) is 24.3 Å². The standard InChI is InChI=1S/C19H25N3O3/c1-12-6-8-13(9-7-12)21-18(24)19(25)22-16-5-3-2-4-15(16)17(23)20-14-10-11-14/h2-5,12-14H,6-11H2,1H3,(H,20,23)(H,21,24)(H,22,25).